The minimum atomic E-state index is -1.22. The van der Waals surface area contributed by atoms with Gasteiger partial charge in [0.05, 0.1) is 14.3 Å². The first-order valence-corrected chi connectivity index (χ1v) is 7.95. The van der Waals surface area contributed by atoms with E-state index in [4.69, 9.17) is 16.7 Å². The average Bonchev–Trinajstić information content (AvgIpc) is 2.25. The molecule has 1 aromatic rings. The van der Waals surface area contributed by atoms with Crippen molar-refractivity contribution in [2.75, 3.05) is 5.32 Å². The van der Waals surface area contributed by atoms with Gasteiger partial charge in [-0.25, -0.2) is 9.18 Å². The number of carbonyl (C=O) groups is 1. The number of hydrogen-bond donors (Lipinski definition) is 2. The number of nitrogens with one attached hydrogen (secondary N) is 1. The quantitative estimate of drug-likeness (QED) is 0.441. The first-order chi connectivity index (χ1) is 9.28. The highest BCUT2D eigenvalue weighted by Gasteiger charge is 2.34. The lowest BCUT2D eigenvalue weighted by Crippen LogP contribution is -2.27. The van der Waals surface area contributed by atoms with Crippen LogP contribution in [0.2, 0.25) is 5.02 Å². The van der Waals surface area contributed by atoms with Crippen molar-refractivity contribution < 1.29 is 14.3 Å². The smallest absolute Gasteiger partial charge is 0.409 e. The van der Waals surface area contributed by atoms with Crippen LogP contribution in [0.4, 0.5) is 14.9 Å². The zero-order valence-electron chi connectivity index (χ0n) is 13.0. The van der Waals surface area contributed by atoms with Crippen LogP contribution in [0, 0.1) is 9.39 Å². The predicted octanol–water partition coefficient (Wildman–Crippen LogP) is 5.77. The minimum absolute atomic E-state index is 0.105. The fraction of sp³-hybridized carbons (Fsp3) is 0.533. The fourth-order valence-corrected chi connectivity index (χ4v) is 3.10. The van der Waals surface area contributed by atoms with Gasteiger partial charge >= 0.3 is 6.09 Å². The summed E-state index contributed by atoms with van der Waals surface area (Å²) in [6.45, 7) is 11.4. The molecular weight excluding hydrogens is 408 g/mol. The molecule has 0 saturated carbocycles. The summed E-state index contributed by atoms with van der Waals surface area (Å²) in [6, 6.07) is 0. The van der Waals surface area contributed by atoms with Crippen LogP contribution < -0.4 is 5.32 Å². The van der Waals surface area contributed by atoms with Crippen molar-refractivity contribution >= 4 is 46.0 Å². The molecule has 3 nitrogen and oxygen atoms in total. The maximum Gasteiger partial charge on any atom is 0.409 e. The van der Waals surface area contributed by atoms with Crippen molar-refractivity contribution in [3.8, 4) is 0 Å². The highest BCUT2D eigenvalue weighted by atomic mass is 127. The number of carboxylic acid groups (broad SMARTS) is 1. The first kappa shape index (κ1) is 18.5. The van der Waals surface area contributed by atoms with E-state index in [0.717, 1.165) is 0 Å². The Morgan fingerprint density at radius 1 is 1.14 bits per heavy atom. The third kappa shape index (κ3) is 3.80. The monoisotopic (exact) mass is 427 g/mol. The van der Waals surface area contributed by atoms with Gasteiger partial charge in [-0.3, -0.25) is 5.32 Å². The first-order valence-electron chi connectivity index (χ1n) is 6.49. The molecule has 0 aliphatic rings. The van der Waals surface area contributed by atoms with Gasteiger partial charge in [-0.1, -0.05) is 53.1 Å². The standard InChI is InChI=1S/C15H20ClFINO2/c1-14(2,3)7-8(15(4,5)6)12(19-13(20)21)9(16)11(18)10(7)17/h19H,1-6H3,(H,20,21). The molecule has 2 N–H and O–H groups in total. The molecule has 0 unspecified atom stereocenters. The van der Waals surface area contributed by atoms with Crippen LogP contribution in [0.3, 0.4) is 0 Å². The SMILES string of the molecule is CC(C)(C)c1c(F)c(I)c(Cl)c(NC(=O)O)c1C(C)(C)C. The normalized spacial score (nSPS) is 12.4. The maximum absolute atomic E-state index is 14.8. The summed E-state index contributed by atoms with van der Waals surface area (Å²) in [7, 11) is 0. The topological polar surface area (TPSA) is 49.3 Å². The van der Waals surface area contributed by atoms with E-state index in [1.807, 2.05) is 64.1 Å². The Balaban J connectivity index is 3.96. The summed E-state index contributed by atoms with van der Waals surface area (Å²) < 4.78 is 15.0. The van der Waals surface area contributed by atoms with E-state index in [9.17, 15) is 9.18 Å². The molecule has 0 aromatic heterocycles. The minimum Gasteiger partial charge on any atom is -0.465 e. The van der Waals surface area contributed by atoms with Crippen molar-refractivity contribution in [3.63, 3.8) is 0 Å². The van der Waals surface area contributed by atoms with Crippen LogP contribution in [-0.4, -0.2) is 11.2 Å². The number of hydrogen-bond acceptors (Lipinski definition) is 1. The molecule has 0 heterocycles. The van der Waals surface area contributed by atoms with E-state index >= 15 is 0 Å². The van der Waals surface area contributed by atoms with Crippen molar-refractivity contribution in [1.29, 1.82) is 0 Å². The number of benzene rings is 1. The van der Waals surface area contributed by atoms with Crippen LogP contribution >= 0.6 is 34.2 Å². The van der Waals surface area contributed by atoms with Crippen LogP contribution in [0.1, 0.15) is 52.7 Å². The lowest BCUT2D eigenvalue weighted by molar-refractivity contribution is 0.209. The van der Waals surface area contributed by atoms with Gasteiger partial charge in [-0.2, -0.15) is 0 Å². The number of rotatable bonds is 1. The van der Waals surface area contributed by atoms with Crippen molar-refractivity contribution in [1.82, 2.24) is 0 Å². The van der Waals surface area contributed by atoms with Crippen molar-refractivity contribution in [2.24, 2.45) is 0 Å². The second kappa shape index (κ2) is 5.91. The van der Waals surface area contributed by atoms with Gasteiger partial charge in [0.2, 0.25) is 0 Å². The third-order valence-corrected chi connectivity index (χ3v) is 4.77. The number of anilines is 1. The Morgan fingerprint density at radius 2 is 1.57 bits per heavy atom. The molecule has 6 heteroatoms. The largest absolute Gasteiger partial charge is 0.465 e. The van der Waals surface area contributed by atoms with Crippen molar-refractivity contribution in [2.45, 2.75) is 52.4 Å². The lowest BCUT2D eigenvalue weighted by Gasteiger charge is -2.33. The Kier molecular flexibility index (Phi) is 5.20. The highest BCUT2D eigenvalue weighted by molar-refractivity contribution is 14.1. The van der Waals surface area contributed by atoms with Gasteiger partial charge in [0, 0.05) is 5.56 Å². The van der Waals surface area contributed by atoms with E-state index in [-0.39, 0.29) is 20.1 Å². The van der Waals surface area contributed by atoms with Crippen LogP contribution in [0.5, 0.6) is 0 Å². The molecule has 0 aliphatic carbocycles. The van der Waals surface area contributed by atoms with E-state index in [0.29, 0.717) is 11.1 Å². The Labute approximate surface area is 143 Å². The molecule has 0 fully saturated rings. The zero-order chi connectivity index (χ0) is 16.7. The van der Waals surface area contributed by atoms with Crippen molar-refractivity contribution in [3.05, 3.63) is 25.5 Å². The summed E-state index contributed by atoms with van der Waals surface area (Å²) in [6.07, 6.45) is -1.22. The summed E-state index contributed by atoms with van der Waals surface area (Å²) >= 11 is 8.01. The molecule has 1 aromatic carbocycles. The molecule has 0 aliphatic heterocycles. The maximum atomic E-state index is 14.8. The van der Waals surface area contributed by atoms with E-state index in [2.05, 4.69) is 5.32 Å². The molecule has 0 saturated heterocycles. The molecule has 0 bridgehead atoms. The lowest BCUT2D eigenvalue weighted by atomic mass is 9.74. The Hall–Kier alpha value is -0.560. The second-order valence-electron chi connectivity index (χ2n) is 7.00. The molecule has 118 valence electrons. The zero-order valence-corrected chi connectivity index (χ0v) is 15.9. The van der Waals surface area contributed by atoms with Crippen LogP contribution in [0.25, 0.3) is 0 Å². The van der Waals surface area contributed by atoms with Gasteiger partial charge in [0.1, 0.15) is 5.82 Å². The Bertz CT molecular complexity index is 589. The summed E-state index contributed by atoms with van der Waals surface area (Å²) in [5, 5.41) is 11.5. The highest BCUT2D eigenvalue weighted by Crippen LogP contribution is 2.46. The molecule has 1 rings (SSSR count). The van der Waals surface area contributed by atoms with Crippen LogP contribution in [0.15, 0.2) is 0 Å². The summed E-state index contributed by atoms with van der Waals surface area (Å²) in [4.78, 5) is 11.1. The number of amides is 1. The second-order valence-corrected chi connectivity index (χ2v) is 8.45. The molecule has 0 spiro atoms. The predicted molar refractivity (Wildman–Crippen MR) is 93.2 cm³/mol. The average molecular weight is 428 g/mol. The molecule has 21 heavy (non-hydrogen) atoms. The Morgan fingerprint density at radius 3 is 1.90 bits per heavy atom. The molecular formula is C15H20ClFINO2. The van der Waals surface area contributed by atoms with Gasteiger partial charge in [-0.15, -0.1) is 0 Å². The molecule has 0 radical (unpaired) electrons. The number of halogens is 3. The van der Waals surface area contributed by atoms with Gasteiger partial charge in [0.15, 0.2) is 0 Å². The van der Waals surface area contributed by atoms with Gasteiger partial charge in [-0.05, 0) is 39.0 Å². The molecule has 1 amide bonds. The third-order valence-electron chi connectivity index (χ3n) is 3.06. The fourth-order valence-electron chi connectivity index (χ4n) is 2.34. The van der Waals surface area contributed by atoms with Gasteiger partial charge in [0.25, 0.3) is 0 Å². The van der Waals surface area contributed by atoms with E-state index in [1.165, 1.54) is 0 Å². The summed E-state index contributed by atoms with van der Waals surface area (Å²) in [5.74, 6) is -0.381. The van der Waals surface area contributed by atoms with E-state index < -0.39 is 16.9 Å². The van der Waals surface area contributed by atoms with Crippen LogP contribution in [-0.2, 0) is 10.8 Å². The molecule has 0 atom stereocenters. The van der Waals surface area contributed by atoms with Gasteiger partial charge < -0.3 is 5.11 Å². The summed E-state index contributed by atoms with van der Waals surface area (Å²) in [5.41, 5.74) is 0.418. The van der Waals surface area contributed by atoms with E-state index in [1.54, 1.807) is 0 Å².